The number of rotatable bonds is 4. The normalized spacial score (nSPS) is 12.5. The van der Waals surface area contributed by atoms with E-state index in [1.165, 1.54) is 11.6 Å². The lowest BCUT2D eigenvalue weighted by Gasteiger charge is -2.17. The quantitative estimate of drug-likeness (QED) is 0.753. The van der Waals surface area contributed by atoms with Crippen LogP contribution in [0, 0.1) is 5.82 Å². The second-order valence-corrected chi connectivity index (χ2v) is 5.75. The van der Waals surface area contributed by atoms with Crippen LogP contribution in [0.5, 0.6) is 0 Å². The summed E-state index contributed by atoms with van der Waals surface area (Å²) < 4.78 is 13.7. The maximum atomic E-state index is 13.7. The van der Waals surface area contributed by atoms with Gasteiger partial charge < -0.3 is 5.32 Å². The summed E-state index contributed by atoms with van der Waals surface area (Å²) >= 11 is 5.75. The second-order valence-electron chi connectivity index (χ2n) is 5.31. The van der Waals surface area contributed by atoms with E-state index in [9.17, 15) is 4.39 Å². The Hall–Kier alpha value is -1.54. The molecule has 2 aromatic rings. The number of anilines is 1. The van der Waals surface area contributed by atoms with Crippen LogP contribution in [-0.4, -0.2) is 0 Å². The minimum Gasteiger partial charge on any atom is -0.376 e. The predicted octanol–water partition coefficient (Wildman–Crippen LogP) is 5.78. The number of hydrogen-bond donors (Lipinski definition) is 1. The minimum absolute atomic E-state index is 0.0342. The highest BCUT2D eigenvalue weighted by molar-refractivity contribution is 6.30. The molecule has 1 nitrogen and oxygen atoms in total. The first kappa shape index (κ1) is 14.9. The van der Waals surface area contributed by atoms with E-state index in [2.05, 4.69) is 43.4 Å². The molecule has 0 bridgehead atoms. The van der Waals surface area contributed by atoms with Crippen LogP contribution in [-0.2, 0) is 0 Å². The maximum Gasteiger partial charge on any atom is 0.147 e. The Kier molecular flexibility index (Phi) is 4.66. The number of halogens is 2. The fourth-order valence-corrected chi connectivity index (χ4v) is 2.25. The Balaban J connectivity index is 2.13. The van der Waals surface area contributed by atoms with Gasteiger partial charge in [-0.2, -0.15) is 0 Å². The summed E-state index contributed by atoms with van der Waals surface area (Å²) in [5, 5.41) is 3.57. The van der Waals surface area contributed by atoms with E-state index in [0.29, 0.717) is 16.6 Å². The SMILES string of the molecule is CC(C)c1ccc(C(C)Nc2ccc(Cl)cc2F)cc1. The molecule has 0 spiro atoms. The first-order chi connectivity index (χ1) is 9.47. The zero-order valence-corrected chi connectivity index (χ0v) is 12.7. The lowest BCUT2D eigenvalue weighted by molar-refractivity contribution is 0.627. The van der Waals surface area contributed by atoms with Gasteiger partial charge in [0.05, 0.1) is 5.69 Å². The minimum atomic E-state index is -0.330. The summed E-state index contributed by atoms with van der Waals surface area (Å²) in [6.07, 6.45) is 0. The average molecular weight is 292 g/mol. The van der Waals surface area contributed by atoms with Gasteiger partial charge in [-0.05, 0) is 42.2 Å². The molecule has 2 aromatic carbocycles. The second kappa shape index (κ2) is 6.27. The molecule has 1 atom stereocenters. The van der Waals surface area contributed by atoms with Crippen molar-refractivity contribution in [1.82, 2.24) is 0 Å². The largest absolute Gasteiger partial charge is 0.376 e. The first-order valence-electron chi connectivity index (χ1n) is 6.79. The third-order valence-electron chi connectivity index (χ3n) is 3.41. The summed E-state index contributed by atoms with van der Waals surface area (Å²) in [6, 6.07) is 13.1. The number of benzene rings is 2. The smallest absolute Gasteiger partial charge is 0.147 e. The molecular formula is C17H19ClFN. The predicted molar refractivity (Wildman–Crippen MR) is 84.0 cm³/mol. The van der Waals surface area contributed by atoms with Crippen molar-refractivity contribution >= 4 is 17.3 Å². The first-order valence-corrected chi connectivity index (χ1v) is 7.16. The van der Waals surface area contributed by atoms with Gasteiger partial charge in [0.2, 0.25) is 0 Å². The highest BCUT2D eigenvalue weighted by Crippen LogP contribution is 2.25. The van der Waals surface area contributed by atoms with E-state index >= 15 is 0 Å². The average Bonchev–Trinajstić information content (AvgIpc) is 2.42. The topological polar surface area (TPSA) is 12.0 Å². The van der Waals surface area contributed by atoms with Gasteiger partial charge in [0.25, 0.3) is 0 Å². The summed E-state index contributed by atoms with van der Waals surface area (Å²) in [5.41, 5.74) is 2.90. The van der Waals surface area contributed by atoms with Crippen LogP contribution in [0.1, 0.15) is 43.9 Å². The Morgan fingerprint density at radius 1 is 0.950 bits per heavy atom. The monoisotopic (exact) mass is 291 g/mol. The molecule has 2 rings (SSSR count). The van der Waals surface area contributed by atoms with Gasteiger partial charge in [-0.25, -0.2) is 4.39 Å². The summed E-state index contributed by atoms with van der Waals surface area (Å²) in [7, 11) is 0. The van der Waals surface area contributed by atoms with Crippen LogP contribution in [0.25, 0.3) is 0 Å². The van der Waals surface area contributed by atoms with Gasteiger partial charge in [-0.15, -0.1) is 0 Å². The van der Waals surface area contributed by atoms with Crippen molar-refractivity contribution in [1.29, 1.82) is 0 Å². The van der Waals surface area contributed by atoms with E-state index in [1.54, 1.807) is 12.1 Å². The zero-order valence-electron chi connectivity index (χ0n) is 12.0. The maximum absolute atomic E-state index is 13.7. The molecule has 0 saturated heterocycles. The Bertz CT molecular complexity index is 578. The molecule has 0 aromatic heterocycles. The van der Waals surface area contributed by atoms with Crippen molar-refractivity contribution in [2.24, 2.45) is 0 Å². The molecule has 0 fully saturated rings. The van der Waals surface area contributed by atoms with E-state index < -0.39 is 0 Å². The van der Waals surface area contributed by atoms with Crippen molar-refractivity contribution in [3.63, 3.8) is 0 Å². The van der Waals surface area contributed by atoms with E-state index in [-0.39, 0.29) is 11.9 Å². The van der Waals surface area contributed by atoms with Crippen LogP contribution in [0.15, 0.2) is 42.5 Å². The lowest BCUT2D eigenvalue weighted by Crippen LogP contribution is -2.08. The summed E-state index contributed by atoms with van der Waals surface area (Å²) in [4.78, 5) is 0. The van der Waals surface area contributed by atoms with Crippen molar-refractivity contribution in [3.05, 3.63) is 64.4 Å². The van der Waals surface area contributed by atoms with Crippen molar-refractivity contribution < 1.29 is 4.39 Å². The number of hydrogen-bond acceptors (Lipinski definition) is 1. The molecule has 0 aliphatic carbocycles. The van der Waals surface area contributed by atoms with E-state index in [1.807, 2.05) is 6.92 Å². The van der Waals surface area contributed by atoms with Crippen LogP contribution >= 0.6 is 11.6 Å². The highest BCUT2D eigenvalue weighted by atomic mass is 35.5. The van der Waals surface area contributed by atoms with Crippen molar-refractivity contribution in [2.75, 3.05) is 5.32 Å². The third-order valence-corrected chi connectivity index (χ3v) is 3.64. The number of nitrogens with one attached hydrogen (secondary N) is 1. The van der Waals surface area contributed by atoms with Gasteiger partial charge in [0, 0.05) is 11.1 Å². The zero-order chi connectivity index (χ0) is 14.7. The fraction of sp³-hybridized carbons (Fsp3) is 0.294. The molecule has 0 saturated carbocycles. The van der Waals surface area contributed by atoms with Gasteiger partial charge in [0.1, 0.15) is 5.82 Å². The van der Waals surface area contributed by atoms with Crippen LogP contribution < -0.4 is 5.32 Å². The van der Waals surface area contributed by atoms with Gasteiger partial charge in [-0.1, -0.05) is 49.7 Å². The van der Waals surface area contributed by atoms with Crippen molar-refractivity contribution in [3.8, 4) is 0 Å². The third kappa shape index (κ3) is 3.51. The van der Waals surface area contributed by atoms with Crippen LogP contribution in [0.2, 0.25) is 5.02 Å². The van der Waals surface area contributed by atoms with E-state index in [4.69, 9.17) is 11.6 Å². The lowest BCUT2D eigenvalue weighted by atomic mass is 9.99. The summed E-state index contributed by atoms with van der Waals surface area (Å²) in [6.45, 7) is 6.35. The van der Waals surface area contributed by atoms with E-state index in [0.717, 1.165) is 5.56 Å². The van der Waals surface area contributed by atoms with Gasteiger partial charge in [0.15, 0.2) is 0 Å². The standard InChI is InChI=1S/C17H19ClFN/c1-11(2)13-4-6-14(7-5-13)12(3)20-17-9-8-15(18)10-16(17)19/h4-12,20H,1-3H3. The molecule has 0 radical (unpaired) electrons. The van der Waals surface area contributed by atoms with Gasteiger partial charge >= 0.3 is 0 Å². The van der Waals surface area contributed by atoms with Crippen molar-refractivity contribution in [2.45, 2.75) is 32.7 Å². The molecule has 20 heavy (non-hydrogen) atoms. The molecule has 1 unspecified atom stereocenters. The molecule has 0 aliphatic heterocycles. The molecule has 1 N–H and O–H groups in total. The molecule has 3 heteroatoms. The summed E-state index contributed by atoms with van der Waals surface area (Å²) in [5.74, 6) is 0.184. The molecule has 0 heterocycles. The highest BCUT2D eigenvalue weighted by Gasteiger charge is 2.09. The van der Waals surface area contributed by atoms with Gasteiger partial charge in [-0.3, -0.25) is 0 Å². The fourth-order valence-electron chi connectivity index (χ4n) is 2.09. The van der Waals surface area contributed by atoms with Crippen LogP contribution in [0.4, 0.5) is 10.1 Å². The Morgan fingerprint density at radius 3 is 2.10 bits per heavy atom. The van der Waals surface area contributed by atoms with Crippen LogP contribution in [0.3, 0.4) is 0 Å². The Labute approximate surface area is 124 Å². The molecular weight excluding hydrogens is 273 g/mol. The molecule has 0 amide bonds. The molecule has 0 aliphatic rings. The Morgan fingerprint density at radius 2 is 1.55 bits per heavy atom. The molecule has 106 valence electrons.